The Kier molecular flexibility index (Phi) is 4.19. The molecule has 1 N–H and O–H groups in total. The third-order valence-electron chi connectivity index (χ3n) is 3.37. The Hall–Kier alpha value is -2.95. The molecule has 3 nitrogen and oxygen atoms in total. The summed E-state index contributed by atoms with van der Waals surface area (Å²) in [5.74, 6) is -0.944. The first-order chi connectivity index (χ1) is 11.2. The molecule has 3 rings (SSSR count). The normalized spacial score (nSPS) is 13.7. The fourth-order valence-corrected chi connectivity index (χ4v) is 2.23. The van der Waals surface area contributed by atoms with Gasteiger partial charge in [-0.05, 0) is 36.4 Å². The summed E-state index contributed by atoms with van der Waals surface area (Å²) in [5.41, 5.74) is 1.74. The molecule has 0 radical (unpaired) electrons. The fraction of sp³-hybridized carbons (Fsp3) is 0.0556. The maximum Gasteiger partial charge on any atom is 0.168 e. The van der Waals surface area contributed by atoms with Crippen LogP contribution in [0.25, 0.3) is 0 Å². The molecular weight excluding hydrogens is 298 g/mol. The molecule has 1 aliphatic rings. The van der Waals surface area contributed by atoms with E-state index in [1.54, 1.807) is 12.1 Å². The van der Waals surface area contributed by atoms with E-state index < -0.39 is 11.6 Å². The largest absolute Gasteiger partial charge is 0.454 e. The number of allylic oxidation sites excluding steroid dienone is 2. The zero-order valence-electron chi connectivity index (χ0n) is 12.2. The first-order valence-corrected chi connectivity index (χ1v) is 7.04. The lowest BCUT2D eigenvalue weighted by molar-refractivity contribution is 0.438. The van der Waals surface area contributed by atoms with Gasteiger partial charge in [0.1, 0.15) is 11.6 Å². The summed E-state index contributed by atoms with van der Waals surface area (Å²) in [6.07, 6.45) is 7.02. The van der Waals surface area contributed by atoms with Crippen LogP contribution in [-0.4, -0.2) is 12.8 Å². The van der Waals surface area contributed by atoms with Crippen LogP contribution >= 0.6 is 0 Å². The number of hydrogen-bond donors (Lipinski definition) is 1. The molecule has 0 atom stereocenters. The van der Waals surface area contributed by atoms with Crippen LogP contribution in [0.2, 0.25) is 0 Å². The minimum absolute atomic E-state index is 0.0222. The van der Waals surface area contributed by atoms with Crippen molar-refractivity contribution in [3.05, 3.63) is 78.0 Å². The molecule has 0 amide bonds. The van der Waals surface area contributed by atoms with Gasteiger partial charge in [0.2, 0.25) is 0 Å². The van der Waals surface area contributed by atoms with Crippen LogP contribution in [0.3, 0.4) is 0 Å². The van der Waals surface area contributed by atoms with E-state index in [2.05, 4.69) is 0 Å². The van der Waals surface area contributed by atoms with Gasteiger partial charge in [0.15, 0.2) is 11.6 Å². The molecule has 0 saturated heterocycles. The second kappa shape index (κ2) is 6.44. The van der Waals surface area contributed by atoms with E-state index in [1.807, 2.05) is 35.4 Å². The standard InChI is InChI=1S/C18H14F2N2O/c19-14-3-8-18(17(20)10-14)23-16-6-4-15(5-7-16)22-9-1-2-13(11-21)12-22/h1-8,10-12,21H,9H2. The number of nitrogens with zero attached hydrogens (tertiary/aromatic N) is 1. The summed E-state index contributed by atoms with van der Waals surface area (Å²) in [4.78, 5) is 1.99. The topological polar surface area (TPSA) is 36.3 Å². The fourth-order valence-electron chi connectivity index (χ4n) is 2.23. The summed E-state index contributed by atoms with van der Waals surface area (Å²) < 4.78 is 31.9. The van der Waals surface area contributed by atoms with Crippen LogP contribution in [-0.2, 0) is 0 Å². The lowest BCUT2D eigenvalue weighted by atomic mass is 10.2. The molecule has 0 saturated carbocycles. The Morgan fingerprint density at radius 3 is 2.57 bits per heavy atom. The van der Waals surface area contributed by atoms with Crippen LogP contribution in [0.4, 0.5) is 14.5 Å². The average Bonchev–Trinajstić information content (AvgIpc) is 2.58. The Bertz CT molecular complexity index is 782. The van der Waals surface area contributed by atoms with Gasteiger partial charge in [0.05, 0.1) is 0 Å². The zero-order valence-corrected chi connectivity index (χ0v) is 12.2. The summed E-state index contributed by atoms with van der Waals surface area (Å²) in [6.45, 7) is 0.712. The van der Waals surface area contributed by atoms with Crippen molar-refractivity contribution in [2.75, 3.05) is 11.4 Å². The van der Waals surface area contributed by atoms with Crippen molar-refractivity contribution in [1.29, 1.82) is 5.41 Å². The second-order valence-corrected chi connectivity index (χ2v) is 5.00. The van der Waals surface area contributed by atoms with Gasteiger partial charge in [0.25, 0.3) is 0 Å². The van der Waals surface area contributed by atoms with Crippen molar-refractivity contribution in [2.45, 2.75) is 0 Å². The number of nitrogens with one attached hydrogen (secondary N) is 1. The van der Waals surface area contributed by atoms with Crippen LogP contribution in [0, 0.1) is 17.0 Å². The Labute approximate surface area is 132 Å². The van der Waals surface area contributed by atoms with Gasteiger partial charge in [0, 0.05) is 36.3 Å². The molecule has 0 aromatic heterocycles. The smallest absolute Gasteiger partial charge is 0.168 e. The molecule has 0 unspecified atom stereocenters. The summed E-state index contributed by atoms with van der Waals surface area (Å²) in [5, 5.41) is 7.29. The molecule has 0 aliphatic carbocycles. The van der Waals surface area contributed by atoms with Crippen LogP contribution in [0.5, 0.6) is 11.5 Å². The molecule has 0 bridgehead atoms. The Morgan fingerprint density at radius 2 is 1.87 bits per heavy atom. The highest BCUT2D eigenvalue weighted by Gasteiger charge is 2.09. The molecule has 5 heteroatoms. The molecule has 2 aromatic carbocycles. The Balaban J connectivity index is 1.76. The van der Waals surface area contributed by atoms with Gasteiger partial charge in [-0.2, -0.15) is 0 Å². The maximum atomic E-state index is 13.6. The zero-order chi connectivity index (χ0) is 16.2. The van der Waals surface area contributed by atoms with Crippen molar-refractivity contribution in [3.8, 4) is 11.5 Å². The molecule has 23 heavy (non-hydrogen) atoms. The van der Waals surface area contributed by atoms with E-state index in [9.17, 15) is 8.78 Å². The quantitative estimate of drug-likeness (QED) is 0.833. The minimum atomic E-state index is -0.742. The number of hydrogen-bond acceptors (Lipinski definition) is 3. The van der Waals surface area contributed by atoms with Crippen molar-refractivity contribution in [1.82, 2.24) is 0 Å². The van der Waals surface area contributed by atoms with E-state index in [-0.39, 0.29) is 5.75 Å². The lowest BCUT2D eigenvalue weighted by Crippen LogP contribution is -2.19. The van der Waals surface area contributed by atoms with Gasteiger partial charge in [-0.25, -0.2) is 8.78 Å². The summed E-state index contributed by atoms with van der Waals surface area (Å²) in [6, 6.07) is 10.3. The SMILES string of the molecule is N=CC1=CN(c2ccc(Oc3ccc(F)cc3F)cc2)CC=C1. The maximum absolute atomic E-state index is 13.6. The van der Waals surface area contributed by atoms with Crippen LogP contribution in [0.1, 0.15) is 0 Å². The van der Waals surface area contributed by atoms with Crippen molar-refractivity contribution in [3.63, 3.8) is 0 Å². The second-order valence-electron chi connectivity index (χ2n) is 5.00. The van der Waals surface area contributed by atoms with Crippen molar-refractivity contribution >= 4 is 11.9 Å². The van der Waals surface area contributed by atoms with Gasteiger partial charge < -0.3 is 15.0 Å². The van der Waals surface area contributed by atoms with Crippen LogP contribution < -0.4 is 9.64 Å². The van der Waals surface area contributed by atoms with E-state index >= 15 is 0 Å². The molecular formula is C18H14F2N2O. The predicted molar refractivity (Wildman–Crippen MR) is 86.2 cm³/mol. The highest BCUT2D eigenvalue weighted by Crippen LogP contribution is 2.27. The molecule has 1 aliphatic heterocycles. The average molecular weight is 312 g/mol. The molecule has 0 fully saturated rings. The van der Waals surface area contributed by atoms with E-state index in [1.165, 1.54) is 12.3 Å². The van der Waals surface area contributed by atoms with Gasteiger partial charge in [-0.1, -0.05) is 12.2 Å². The molecule has 2 aromatic rings. The van der Waals surface area contributed by atoms with E-state index in [0.717, 1.165) is 23.4 Å². The third kappa shape index (κ3) is 3.45. The first kappa shape index (κ1) is 15.0. The van der Waals surface area contributed by atoms with Crippen molar-refractivity contribution in [2.24, 2.45) is 0 Å². The monoisotopic (exact) mass is 312 g/mol. The van der Waals surface area contributed by atoms with Gasteiger partial charge >= 0.3 is 0 Å². The lowest BCUT2D eigenvalue weighted by Gasteiger charge is -2.22. The molecule has 1 heterocycles. The van der Waals surface area contributed by atoms with E-state index in [4.69, 9.17) is 10.1 Å². The number of ether oxygens (including phenoxy) is 1. The first-order valence-electron chi connectivity index (χ1n) is 7.04. The number of anilines is 1. The van der Waals surface area contributed by atoms with Crippen LogP contribution in [0.15, 0.2) is 66.4 Å². The third-order valence-corrected chi connectivity index (χ3v) is 3.37. The number of benzene rings is 2. The predicted octanol–water partition coefficient (Wildman–Crippen LogP) is 4.67. The minimum Gasteiger partial charge on any atom is -0.454 e. The summed E-state index contributed by atoms with van der Waals surface area (Å²) in [7, 11) is 0. The Morgan fingerprint density at radius 1 is 1.09 bits per heavy atom. The molecule has 116 valence electrons. The van der Waals surface area contributed by atoms with Crippen molar-refractivity contribution < 1.29 is 13.5 Å². The summed E-state index contributed by atoms with van der Waals surface area (Å²) >= 11 is 0. The highest BCUT2D eigenvalue weighted by molar-refractivity contribution is 5.81. The van der Waals surface area contributed by atoms with Gasteiger partial charge in [-0.3, -0.25) is 0 Å². The number of rotatable bonds is 4. The number of halogens is 2. The van der Waals surface area contributed by atoms with E-state index in [0.29, 0.717) is 12.3 Å². The highest BCUT2D eigenvalue weighted by atomic mass is 19.1. The molecule has 0 spiro atoms. The van der Waals surface area contributed by atoms with Gasteiger partial charge in [-0.15, -0.1) is 0 Å².